The van der Waals surface area contributed by atoms with Gasteiger partial charge in [0.05, 0.1) is 12.1 Å². The average Bonchev–Trinajstić information content (AvgIpc) is 3.23. The molecule has 0 aromatic heterocycles. The summed E-state index contributed by atoms with van der Waals surface area (Å²) in [7, 11) is 1.85. The van der Waals surface area contributed by atoms with E-state index in [2.05, 4.69) is 48.6 Å². The Morgan fingerprint density at radius 3 is 2.32 bits per heavy atom. The van der Waals surface area contributed by atoms with Crippen molar-refractivity contribution in [2.45, 2.75) is 44.2 Å². The number of fused-ring (bicyclic) bond motifs is 1. The van der Waals surface area contributed by atoms with Gasteiger partial charge in [0.2, 0.25) is 5.60 Å². The van der Waals surface area contributed by atoms with Gasteiger partial charge in [-0.1, -0.05) is 72.3 Å². The van der Waals surface area contributed by atoms with Gasteiger partial charge in [0.15, 0.2) is 0 Å². The molecule has 0 spiro atoms. The molecule has 7 heteroatoms. The van der Waals surface area contributed by atoms with Crippen LogP contribution in [0.2, 0.25) is 0 Å². The van der Waals surface area contributed by atoms with Crippen molar-refractivity contribution in [3.05, 3.63) is 108 Å². The third-order valence-corrected chi connectivity index (χ3v) is 8.02. The van der Waals surface area contributed by atoms with Crippen LogP contribution in [0.5, 0.6) is 11.5 Å². The maximum atomic E-state index is 12.5. The molecule has 1 aliphatic heterocycles. The molecule has 2 N–H and O–H groups in total. The van der Waals surface area contributed by atoms with Crippen molar-refractivity contribution in [3.8, 4) is 11.5 Å². The van der Waals surface area contributed by atoms with E-state index in [9.17, 15) is 14.7 Å². The summed E-state index contributed by atoms with van der Waals surface area (Å²) in [6.45, 7) is 4.64. The molecule has 1 aliphatic rings. The first-order valence-electron chi connectivity index (χ1n) is 13.9. The normalized spacial score (nSPS) is 18.1. The van der Waals surface area contributed by atoms with Gasteiger partial charge in [-0.25, -0.2) is 9.59 Å². The number of aryl methyl sites for hydroxylation is 1. The van der Waals surface area contributed by atoms with Gasteiger partial charge in [0.1, 0.15) is 11.5 Å². The SMILES string of the molecule is Cc1ccc2cc(CC3(CCOc4ccc(CC(C)(Oc5ccccc5)C(=O)O)cc4)CNC(=O)N3C)ccc2c1. The number of benzene rings is 4. The minimum absolute atomic E-state index is 0.0787. The molecule has 0 radical (unpaired) electrons. The Kier molecular flexibility index (Phi) is 7.88. The van der Waals surface area contributed by atoms with E-state index in [1.165, 1.54) is 21.9 Å². The number of carbonyl (C=O) groups is 2. The van der Waals surface area contributed by atoms with Gasteiger partial charge in [-0.3, -0.25) is 0 Å². The van der Waals surface area contributed by atoms with Crippen LogP contribution in [0.15, 0.2) is 91.0 Å². The maximum Gasteiger partial charge on any atom is 0.348 e. The number of amides is 2. The number of urea groups is 1. The van der Waals surface area contributed by atoms with Gasteiger partial charge >= 0.3 is 12.0 Å². The molecule has 1 heterocycles. The molecule has 41 heavy (non-hydrogen) atoms. The second-order valence-corrected chi connectivity index (χ2v) is 11.2. The first kappa shape index (κ1) is 28.0. The zero-order valence-corrected chi connectivity index (χ0v) is 23.7. The third-order valence-electron chi connectivity index (χ3n) is 8.02. The molecule has 2 unspecified atom stereocenters. The molecule has 0 aliphatic carbocycles. The number of nitrogens with zero attached hydrogens (tertiary/aromatic N) is 1. The molecule has 2 atom stereocenters. The van der Waals surface area contributed by atoms with E-state index in [-0.39, 0.29) is 12.5 Å². The third kappa shape index (κ3) is 6.30. The summed E-state index contributed by atoms with van der Waals surface area (Å²) in [6, 6.07) is 29.3. The Morgan fingerprint density at radius 2 is 1.63 bits per heavy atom. The van der Waals surface area contributed by atoms with Gasteiger partial charge in [-0.05, 0) is 66.4 Å². The number of carboxylic acids is 1. The highest BCUT2D eigenvalue weighted by Crippen LogP contribution is 2.30. The smallest absolute Gasteiger partial charge is 0.348 e. The van der Waals surface area contributed by atoms with Crippen molar-refractivity contribution in [2.24, 2.45) is 0 Å². The van der Waals surface area contributed by atoms with Crippen molar-refractivity contribution < 1.29 is 24.2 Å². The summed E-state index contributed by atoms with van der Waals surface area (Å²) in [6.07, 6.45) is 1.56. The van der Waals surface area contributed by atoms with Crippen LogP contribution in [0, 0.1) is 6.92 Å². The predicted octanol–water partition coefficient (Wildman–Crippen LogP) is 6.02. The van der Waals surface area contributed by atoms with Gasteiger partial charge in [0, 0.05) is 26.4 Å². The van der Waals surface area contributed by atoms with Crippen molar-refractivity contribution in [3.63, 3.8) is 0 Å². The quantitative estimate of drug-likeness (QED) is 0.238. The Balaban J connectivity index is 1.24. The molecule has 2 amide bonds. The second-order valence-electron chi connectivity index (χ2n) is 11.2. The van der Waals surface area contributed by atoms with Crippen molar-refractivity contribution in [1.29, 1.82) is 0 Å². The Labute approximate surface area is 240 Å². The van der Waals surface area contributed by atoms with Crippen LogP contribution in [0.1, 0.15) is 30.0 Å². The molecule has 7 nitrogen and oxygen atoms in total. The fourth-order valence-corrected chi connectivity index (χ4v) is 5.48. The summed E-state index contributed by atoms with van der Waals surface area (Å²) in [5.74, 6) is 0.165. The van der Waals surface area contributed by atoms with Crippen LogP contribution >= 0.6 is 0 Å². The van der Waals surface area contributed by atoms with E-state index in [4.69, 9.17) is 9.47 Å². The lowest BCUT2D eigenvalue weighted by Gasteiger charge is -2.35. The largest absolute Gasteiger partial charge is 0.494 e. The molecule has 5 rings (SSSR count). The summed E-state index contributed by atoms with van der Waals surface area (Å²) in [4.78, 5) is 26.4. The lowest BCUT2D eigenvalue weighted by atomic mass is 9.86. The van der Waals surface area contributed by atoms with Gasteiger partial charge in [0.25, 0.3) is 0 Å². The average molecular weight is 553 g/mol. The minimum atomic E-state index is -1.41. The lowest BCUT2D eigenvalue weighted by Crippen LogP contribution is -2.47. The zero-order chi connectivity index (χ0) is 29.0. The standard InChI is InChI=1S/C34H36N2O5/c1-24-9-13-28-20-26(10-14-27(28)19-24)22-34(23-35-32(39)36(34)3)17-18-40-29-15-11-25(12-16-29)21-33(2,31(37)38)41-30-7-5-4-6-8-30/h4-16,19-20H,17-18,21-23H2,1-3H3,(H,35,39)(H,37,38). The van der Waals surface area contributed by atoms with E-state index in [1.54, 1.807) is 24.0 Å². The van der Waals surface area contributed by atoms with E-state index < -0.39 is 17.1 Å². The number of carbonyl (C=O) groups excluding carboxylic acids is 1. The number of hydrogen-bond acceptors (Lipinski definition) is 4. The van der Waals surface area contributed by atoms with Crippen LogP contribution in [0.3, 0.4) is 0 Å². The number of para-hydroxylation sites is 1. The Hall–Kier alpha value is -4.52. The molecular weight excluding hydrogens is 516 g/mol. The van der Waals surface area contributed by atoms with Crippen LogP contribution < -0.4 is 14.8 Å². The van der Waals surface area contributed by atoms with Crippen molar-refractivity contribution in [2.75, 3.05) is 20.2 Å². The van der Waals surface area contributed by atoms with Crippen LogP contribution in [0.25, 0.3) is 10.8 Å². The molecule has 0 bridgehead atoms. The predicted molar refractivity (Wildman–Crippen MR) is 160 cm³/mol. The monoisotopic (exact) mass is 552 g/mol. The molecular formula is C34H36N2O5. The topological polar surface area (TPSA) is 88.1 Å². The molecule has 4 aromatic carbocycles. The number of rotatable bonds is 11. The van der Waals surface area contributed by atoms with E-state index >= 15 is 0 Å². The number of carboxylic acid groups (broad SMARTS) is 1. The van der Waals surface area contributed by atoms with Crippen LogP contribution in [-0.4, -0.2) is 53.3 Å². The Bertz CT molecular complexity index is 1540. The van der Waals surface area contributed by atoms with E-state index in [1.807, 2.05) is 49.5 Å². The number of hydrogen-bond donors (Lipinski definition) is 2. The number of ether oxygens (including phenoxy) is 2. The highest BCUT2D eigenvalue weighted by Gasteiger charge is 2.43. The first-order chi connectivity index (χ1) is 19.7. The number of likely N-dealkylation sites (N-methyl/N-ethyl adjacent to an activating group) is 1. The van der Waals surface area contributed by atoms with Crippen molar-refractivity contribution in [1.82, 2.24) is 10.2 Å². The Morgan fingerprint density at radius 1 is 0.951 bits per heavy atom. The van der Waals surface area contributed by atoms with Crippen LogP contribution in [-0.2, 0) is 17.6 Å². The molecule has 212 valence electrons. The van der Waals surface area contributed by atoms with E-state index in [0.29, 0.717) is 37.5 Å². The maximum absolute atomic E-state index is 12.5. The van der Waals surface area contributed by atoms with Gasteiger partial charge in [-0.15, -0.1) is 0 Å². The minimum Gasteiger partial charge on any atom is -0.494 e. The fourth-order valence-electron chi connectivity index (χ4n) is 5.48. The summed E-state index contributed by atoms with van der Waals surface area (Å²) >= 11 is 0. The second kappa shape index (κ2) is 11.5. The summed E-state index contributed by atoms with van der Waals surface area (Å²) in [5.41, 5.74) is 1.41. The highest BCUT2D eigenvalue weighted by molar-refractivity contribution is 5.84. The lowest BCUT2D eigenvalue weighted by molar-refractivity contribution is -0.153. The van der Waals surface area contributed by atoms with Crippen LogP contribution in [0.4, 0.5) is 4.79 Å². The number of aliphatic carboxylic acids is 1. The highest BCUT2D eigenvalue weighted by atomic mass is 16.5. The van der Waals surface area contributed by atoms with Crippen molar-refractivity contribution >= 4 is 22.8 Å². The molecule has 0 saturated carbocycles. The fraction of sp³-hybridized carbons (Fsp3) is 0.294. The summed E-state index contributed by atoms with van der Waals surface area (Å²) in [5, 5.41) is 15.3. The van der Waals surface area contributed by atoms with Gasteiger partial charge < -0.3 is 24.8 Å². The molecule has 1 saturated heterocycles. The molecule has 4 aromatic rings. The first-order valence-corrected chi connectivity index (χ1v) is 13.9. The number of nitrogens with one attached hydrogen (secondary N) is 1. The summed E-state index contributed by atoms with van der Waals surface area (Å²) < 4.78 is 12.0. The zero-order valence-electron chi connectivity index (χ0n) is 23.7. The van der Waals surface area contributed by atoms with E-state index in [0.717, 1.165) is 5.56 Å². The van der Waals surface area contributed by atoms with Gasteiger partial charge in [-0.2, -0.15) is 0 Å². The molecule has 1 fully saturated rings.